The second-order valence-electron chi connectivity index (χ2n) is 6.29. The summed E-state index contributed by atoms with van der Waals surface area (Å²) in [7, 11) is 0. The molecule has 1 aliphatic carbocycles. The van der Waals surface area contributed by atoms with Crippen LogP contribution >= 0.6 is 0 Å². The Morgan fingerprint density at radius 3 is 2.80 bits per heavy atom. The minimum absolute atomic E-state index is 0.265. The van der Waals surface area contributed by atoms with Gasteiger partial charge in [-0.1, -0.05) is 25.3 Å². The highest BCUT2D eigenvalue weighted by atomic mass is 16.1. The Morgan fingerprint density at radius 2 is 2.00 bits per heavy atom. The van der Waals surface area contributed by atoms with Crippen LogP contribution < -0.4 is 10.6 Å². The molecule has 128 valence electrons. The molecule has 0 aliphatic heterocycles. The number of rotatable bonds is 5. The minimum Gasteiger partial charge on any atom is -0.368 e. The van der Waals surface area contributed by atoms with Gasteiger partial charge in [0.15, 0.2) is 11.5 Å². The Morgan fingerprint density at radius 1 is 1.20 bits per heavy atom. The third-order valence-corrected chi connectivity index (χ3v) is 4.45. The zero-order valence-electron chi connectivity index (χ0n) is 14.0. The first kappa shape index (κ1) is 16.9. The summed E-state index contributed by atoms with van der Waals surface area (Å²) in [4.78, 5) is 21.0. The number of carbonyl (C=O) groups is 1. The van der Waals surface area contributed by atoms with Crippen LogP contribution in [0.4, 0.5) is 11.5 Å². The number of nitrogens with one attached hydrogen (secondary N) is 2. The van der Waals surface area contributed by atoms with E-state index < -0.39 is 0 Å². The maximum absolute atomic E-state index is 12.5. The molecule has 2 aromatic rings. The predicted molar refractivity (Wildman–Crippen MR) is 96.2 cm³/mol. The minimum atomic E-state index is -0.339. The molecule has 0 atom stereocenters. The van der Waals surface area contributed by atoms with Crippen molar-refractivity contribution in [3.8, 4) is 6.07 Å². The van der Waals surface area contributed by atoms with Gasteiger partial charge in [0.25, 0.3) is 5.91 Å². The van der Waals surface area contributed by atoms with E-state index in [0.717, 1.165) is 6.54 Å². The van der Waals surface area contributed by atoms with Crippen molar-refractivity contribution < 1.29 is 4.79 Å². The smallest absolute Gasteiger partial charge is 0.278 e. The molecule has 6 heteroatoms. The fraction of sp³-hybridized carbons (Fsp3) is 0.368. The lowest BCUT2D eigenvalue weighted by Gasteiger charge is -2.22. The van der Waals surface area contributed by atoms with Gasteiger partial charge in [0.1, 0.15) is 0 Å². The van der Waals surface area contributed by atoms with E-state index >= 15 is 0 Å². The highest BCUT2D eigenvalue weighted by Gasteiger charge is 2.17. The average Bonchev–Trinajstić information content (AvgIpc) is 2.67. The third-order valence-electron chi connectivity index (χ3n) is 4.45. The summed E-state index contributed by atoms with van der Waals surface area (Å²) in [5.74, 6) is 0.787. The van der Waals surface area contributed by atoms with Gasteiger partial charge in [0.2, 0.25) is 0 Å². The first-order valence-corrected chi connectivity index (χ1v) is 8.62. The van der Waals surface area contributed by atoms with Crippen LogP contribution in [0.2, 0.25) is 0 Å². The molecule has 1 aromatic heterocycles. The Bertz CT molecular complexity index is 777. The Hall–Kier alpha value is -2.94. The van der Waals surface area contributed by atoms with E-state index in [0.29, 0.717) is 23.0 Å². The van der Waals surface area contributed by atoms with Crippen molar-refractivity contribution in [2.75, 3.05) is 17.2 Å². The van der Waals surface area contributed by atoms with Crippen LogP contribution in [0.5, 0.6) is 0 Å². The molecule has 1 saturated carbocycles. The lowest BCUT2D eigenvalue weighted by Crippen LogP contribution is -2.21. The molecule has 0 saturated heterocycles. The van der Waals surface area contributed by atoms with Crippen LogP contribution in [0.15, 0.2) is 36.7 Å². The van der Waals surface area contributed by atoms with Crippen molar-refractivity contribution in [1.29, 1.82) is 5.26 Å². The van der Waals surface area contributed by atoms with E-state index in [1.165, 1.54) is 38.3 Å². The molecule has 0 unspecified atom stereocenters. The zero-order valence-corrected chi connectivity index (χ0v) is 14.0. The van der Waals surface area contributed by atoms with Crippen LogP contribution in [-0.4, -0.2) is 22.4 Å². The number of nitriles is 1. The number of aromatic nitrogens is 2. The molecule has 1 heterocycles. The molecule has 1 amide bonds. The molecule has 2 N–H and O–H groups in total. The quantitative estimate of drug-likeness (QED) is 0.871. The standard InChI is InChI=1S/C19H21N5O/c20-12-15-7-4-8-16(11-15)24-19(25)17-18(22-10-9-21-17)23-13-14-5-2-1-3-6-14/h4,7-11,14H,1-3,5-6,13H2,(H,22,23)(H,24,25). The summed E-state index contributed by atoms with van der Waals surface area (Å²) < 4.78 is 0. The number of hydrogen-bond donors (Lipinski definition) is 2. The molecular formula is C19H21N5O. The SMILES string of the molecule is N#Cc1cccc(NC(=O)c2nccnc2NCC2CCCCC2)c1. The Balaban J connectivity index is 1.68. The van der Waals surface area contributed by atoms with Gasteiger partial charge >= 0.3 is 0 Å². The van der Waals surface area contributed by atoms with Crippen molar-refractivity contribution in [2.24, 2.45) is 5.92 Å². The predicted octanol–water partition coefficient (Wildman–Crippen LogP) is 3.59. The molecule has 3 rings (SSSR count). The number of anilines is 2. The molecular weight excluding hydrogens is 314 g/mol. The molecule has 0 bridgehead atoms. The fourth-order valence-corrected chi connectivity index (χ4v) is 3.12. The van der Waals surface area contributed by atoms with E-state index in [4.69, 9.17) is 5.26 Å². The summed E-state index contributed by atoms with van der Waals surface area (Å²) in [6.45, 7) is 0.808. The maximum atomic E-state index is 12.5. The van der Waals surface area contributed by atoms with Gasteiger partial charge in [-0.3, -0.25) is 4.79 Å². The van der Waals surface area contributed by atoms with Crippen LogP contribution in [0.1, 0.15) is 48.2 Å². The second-order valence-corrected chi connectivity index (χ2v) is 6.29. The summed E-state index contributed by atoms with van der Waals surface area (Å²) >= 11 is 0. The van der Waals surface area contributed by atoms with E-state index in [1.807, 2.05) is 0 Å². The number of benzene rings is 1. The normalized spacial score (nSPS) is 14.5. The van der Waals surface area contributed by atoms with Gasteiger partial charge < -0.3 is 10.6 Å². The first-order valence-electron chi connectivity index (χ1n) is 8.62. The molecule has 1 aliphatic rings. The fourth-order valence-electron chi connectivity index (χ4n) is 3.12. The summed E-state index contributed by atoms with van der Waals surface area (Å²) in [5, 5.41) is 15.0. The molecule has 0 radical (unpaired) electrons. The lowest BCUT2D eigenvalue weighted by molar-refractivity contribution is 0.102. The maximum Gasteiger partial charge on any atom is 0.278 e. The second kappa shape index (κ2) is 8.25. The van der Waals surface area contributed by atoms with Gasteiger partial charge in [0.05, 0.1) is 11.6 Å². The number of carbonyl (C=O) groups excluding carboxylic acids is 1. The van der Waals surface area contributed by atoms with E-state index in [-0.39, 0.29) is 11.6 Å². The van der Waals surface area contributed by atoms with E-state index in [2.05, 4.69) is 26.7 Å². The largest absolute Gasteiger partial charge is 0.368 e. The van der Waals surface area contributed by atoms with Gasteiger partial charge in [-0.2, -0.15) is 5.26 Å². The van der Waals surface area contributed by atoms with E-state index in [1.54, 1.807) is 30.5 Å². The lowest BCUT2D eigenvalue weighted by atomic mass is 9.89. The van der Waals surface area contributed by atoms with Crippen LogP contribution in [0.3, 0.4) is 0 Å². The highest BCUT2D eigenvalue weighted by Crippen LogP contribution is 2.24. The monoisotopic (exact) mass is 335 g/mol. The van der Waals surface area contributed by atoms with Gasteiger partial charge in [-0.25, -0.2) is 9.97 Å². The molecule has 1 aromatic carbocycles. The molecule has 6 nitrogen and oxygen atoms in total. The molecule has 1 fully saturated rings. The van der Waals surface area contributed by atoms with Crippen molar-refractivity contribution in [3.05, 3.63) is 47.9 Å². The molecule has 25 heavy (non-hydrogen) atoms. The van der Waals surface area contributed by atoms with Crippen molar-refractivity contribution in [1.82, 2.24) is 9.97 Å². The first-order chi connectivity index (χ1) is 12.3. The van der Waals surface area contributed by atoms with Gasteiger partial charge in [-0.15, -0.1) is 0 Å². The Labute approximate surface area is 147 Å². The van der Waals surface area contributed by atoms with Crippen LogP contribution in [0, 0.1) is 17.2 Å². The van der Waals surface area contributed by atoms with E-state index in [9.17, 15) is 4.79 Å². The summed E-state index contributed by atoms with van der Waals surface area (Å²) in [5.41, 5.74) is 1.32. The third kappa shape index (κ3) is 4.54. The zero-order chi connectivity index (χ0) is 17.5. The van der Waals surface area contributed by atoms with Crippen molar-refractivity contribution >= 4 is 17.4 Å². The van der Waals surface area contributed by atoms with Gasteiger partial charge in [0, 0.05) is 24.6 Å². The Kier molecular flexibility index (Phi) is 5.57. The van der Waals surface area contributed by atoms with Gasteiger partial charge in [-0.05, 0) is 37.0 Å². The number of hydrogen-bond acceptors (Lipinski definition) is 5. The van der Waals surface area contributed by atoms with Crippen molar-refractivity contribution in [3.63, 3.8) is 0 Å². The topological polar surface area (TPSA) is 90.7 Å². The summed E-state index contributed by atoms with van der Waals surface area (Å²) in [6, 6.07) is 8.84. The summed E-state index contributed by atoms with van der Waals surface area (Å²) in [6.07, 6.45) is 9.38. The van der Waals surface area contributed by atoms with Crippen LogP contribution in [-0.2, 0) is 0 Å². The van der Waals surface area contributed by atoms with Crippen LogP contribution in [0.25, 0.3) is 0 Å². The molecule has 0 spiro atoms. The average molecular weight is 335 g/mol. The highest BCUT2D eigenvalue weighted by molar-refractivity contribution is 6.05. The van der Waals surface area contributed by atoms with Crippen molar-refractivity contribution in [2.45, 2.75) is 32.1 Å². The number of nitrogens with zero attached hydrogens (tertiary/aromatic N) is 3. The number of amides is 1.